The zero-order chi connectivity index (χ0) is 13.8. The van der Waals surface area contributed by atoms with Gasteiger partial charge in [-0.05, 0) is 23.8 Å². The molecule has 100 valence electrons. The molecular formula is C13H12ClFN2O2. The lowest BCUT2D eigenvalue weighted by atomic mass is 10.2. The van der Waals surface area contributed by atoms with Crippen molar-refractivity contribution in [3.63, 3.8) is 0 Å². The number of halogens is 2. The molecule has 19 heavy (non-hydrogen) atoms. The van der Waals surface area contributed by atoms with Gasteiger partial charge in [0.2, 0.25) is 11.8 Å². The summed E-state index contributed by atoms with van der Waals surface area (Å²) in [7, 11) is 0. The van der Waals surface area contributed by atoms with E-state index < -0.39 is 5.82 Å². The van der Waals surface area contributed by atoms with Gasteiger partial charge in [0.15, 0.2) is 0 Å². The van der Waals surface area contributed by atoms with E-state index in [4.69, 9.17) is 11.6 Å². The molecule has 0 aliphatic carbocycles. The fraction of sp³-hybridized carbons (Fsp3) is 0.231. The monoisotopic (exact) mass is 282 g/mol. The van der Waals surface area contributed by atoms with E-state index in [1.54, 1.807) is 6.08 Å². The van der Waals surface area contributed by atoms with Gasteiger partial charge in [-0.25, -0.2) is 4.39 Å². The van der Waals surface area contributed by atoms with Crippen LogP contribution in [0.3, 0.4) is 0 Å². The van der Waals surface area contributed by atoms with E-state index in [1.807, 2.05) is 0 Å². The highest BCUT2D eigenvalue weighted by Crippen LogP contribution is 2.16. The van der Waals surface area contributed by atoms with E-state index in [0.717, 1.165) is 0 Å². The normalized spacial score (nSPS) is 15.7. The van der Waals surface area contributed by atoms with Crippen LogP contribution in [-0.2, 0) is 9.59 Å². The first-order chi connectivity index (χ1) is 9.06. The van der Waals surface area contributed by atoms with Crippen molar-refractivity contribution in [2.45, 2.75) is 0 Å². The van der Waals surface area contributed by atoms with E-state index in [2.05, 4.69) is 5.32 Å². The summed E-state index contributed by atoms with van der Waals surface area (Å²) in [5.41, 5.74) is 0.626. The van der Waals surface area contributed by atoms with E-state index in [1.165, 1.54) is 29.2 Å². The first kappa shape index (κ1) is 13.5. The second-order valence-corrected chi connectivity index (χ2v) is 4.52. The van der Waals surface area contributed by atoms with Crippen LogP contribution in [-0.4, -0.2) is 36.3 Å². The van der Waals surface area contributed by atoms with Crippen LogP contribution in [0, 0.1) is 5.82 Å². The lowest BCUT2D eigenvalue weighted by Gasteiger charge is -2.25. The van der Waals surface area contributed by atoms with E-state index in [0.29, 0.717) is 18.7 Å². The van der Waals surface area contributed by atoms with Crippen molar-refractivity contribution in [2.24, 2.45) is 0 Å². The second kappa shape index (κ2) is 5.84. The minimum Gasteiger partial charge on any atom is -0.353 e. The smallest absolute Gasteiger partial charge is 0.247 e. The van der Waals surface area contributed by atoms with Crippen LogP contribution < -0.4 is 5.32 Å². The van der Waals surface area contributed by atoms with Crippen LogP contribution in [0.1, 0.15) is 5.56 Å². The lowest BCUT2D eigenvalue weighted by Crippen LogP contribution is -2.49. The molecule has 1 aromatic carbocycles. The van der Waals surface area contributed by atoms with Gasteiger partial charge in [0.1, 0.15) is 5.82 Å². The molecule has 1 heterocycles. The molecule has 1 fully saturated rings. The zero-order valence-corrected chi connectivity index (χ0v) is 10.8. The van der Waals surface area contributed by atoms with Gasteiger partial charge in [0.05, 0.1) is 11.6 Å². The van der Waals surface area contributed by atoms with Crippen molar-refractivity contribution in [1.82, 2.24) is 10.2 Å². The summed E-state index contributed by atoms with van der Waals surface area (Å²) in [4.78, 5) is 24.4. The minimum atomic E-state index is -0.502. The molecule has 0 radical (unpaired) electrons. The maximum Gasteiger partial charge on any atom is 0.247 e. The second-order valence-electron chi connectivity index (χ2n) is 4.12. The summed E-state index contributed by atoms with van der Waals surface area (Å²) in [6.45, 7) is 1.01. The van der Waals surface area contributed by atoms with Crippen molar-refractivity contribution in [2.75, 3.05) is 19.6 Å². The first-order valence-corrected chi connectivity index (χ1v) is 6.13. The largest absolute Gasteiger partial charge is 0.353 e. The molecule has 1 N–H and O–H groups in total. The quantitative estimate of drug-likeness (QED) is 0.835. The Hall–Kier alpha value is -1.88. The van der Waals surface area contributed by atoms with Crippen LogP contribution in [0.4, 0.5) is 4.39 Å². The topological polar surface area (TPSA) is 49.4 Å². The number of rotatable bonds is 2. The maximum absolute atomic E-state index is 13.0. The third-order valence-electron chi connectivity index (χ3n) is 2.71. The molecule has 1 aromatic rings. The third kappa shape index (κ3) is 3.54. The van der Waals surface area contributed by atoms with Crippen LogP contribution in [0.15, 0.2) is 24.3 Å². The Kier molecular flexibility index (Phi) is 4.16. The molecule has 4 nitrogen and oxygen atoms in total. The van der Waals surface area contributed by atoms with E-state index >= 15 is 0 Å². The number of hydrogen-bond acceptors (Lipinski definition) is 2. The minimum absolute atomic E-state index is 0.00643. The van der Waals surface area contributed by atoms with Crippen molar-refractivity contribution < 1.29 is 14.0 Å². The highest BCUT2D eigenvalue weighted by atomic mass is 35.5. The predicted octanol–water partition coefficient (Wildman–Crippen LogP) is 1.45. The molecule has 0 bridgehead atoms. The van der Waals surface area contributed by atoms with Crippen molar-refractivity contribution in [3.05, 3.63) is 40.7 Å². The summed E-state index contributed by atoms with van der Waals surface area (Å²) in [6, 6.07) is 4.19. The van der Waals surface area contributed by atoms with E-state index in [-0.39, 0.29) is 23.4 Å². The fourth-order valence-corrected chi connectivity index (χ4v) is 1.90. The Morgan fingerprint density at radius 2 is 2.26 bits per heavy atom. The number of piperazine rings is 1. The van der Waals surface area contributed by atoms with Crippen LogP contribution >= 0.6 is 11.6 Å². The van der Waals surface area contributed by atoms with Gasteiger partial charge in [-0.3, -0.25) is 9.59 Å². The number of nitrogens with zero attached hydrogens (tertiary/aromatic N) is 1. The van der Waals surface area contributed by atoms with Crippen molar-refractivity contribution in [3.8, 4) is 0 Å². The van der Waals surface area contributed by atoms with Gasteiger partial charge >= 0.3 is 0 Å². The molecule has 0 aromatic heterocycles. The molecular weight excluding hydrogens is 271 g/mol. The molecule has 1 aliphatic heterocycles. The Morgan fingerprint density at radius 3 is 2.95 bits per heavy atom. The molecule has 0 atom stereocenters. The Bertz CT molecular complexity index is 545. The predicted molar refractivity (Wildman–Crippen MR) is 70.0 cm³/mol. The molecule has 0 spiro atoms. The molecule has 0 saturated carbocycles. The Labute approximate surface area is 114 Å². The van der Waals surface area contributed by atoms with Crippen LogP contribution in [0.2, 0.25) is 5.02 Å². The Morgan fingerprint density at radius 1 is 1.47 bits per heavy atom. The summed E-state index contributed by atoms with van der Waals surface area (Å²) >= 11 is 5.64. The average molecular weight is 283 g/mol. The van der Waals surface area contributed by atoms with Gasteiger partial charge in [-0.15, -0.1) is 0 Å². The van der Waals surface area contributed by atoms with Gasteiger partial charge in [-0.1, -0.05) is 17.7 Å². The summed E-state index contributed by atoms with van der Waals surface area (Å²) < 4.78 is 13.0. The van der Waals surface area contributed by atoms with Crippen LogP contribution in [0.25, 0.3) is 6.08 Å². The number of benzene rings is 1. The number of carbonyl (C=O) groups excluding carboxylic acids is 2. The van der Waals surface area contributed by atoms with Gasteiger partial charge in [0, 0.05) is 19.2 Å². The first-order valence-electron chi connectivity index (χ1n) is 5.75. The highest BCUT2D eigenvalue weighted by molar-refractivity contribution is 6.30. The number of carbonyl (C=O) groups is 2. The number of nitrogens with one attached hydrogen (secondary N) is 1. The summed E-state index contributed by atoms with van der Waals surface area (Å²) in [5, 5.41) is 2.64. The summed E-state index contributed by atoms with van der Waals surface area (Å²) in [6.07, 6.45) is 2.89. The molecule has 1 aliphatic rings. The summed E-state index contributed by atoms with van der Waals surface area (Å²) in [5.74, 6) is -0.925. The highest BCUT2D eigenvalue weighted by Gasteiger charge is 2.18. The molecule has 2 amide bonds. The van der Waals surface area contributed by atoms with Crippen molar-refractivity contribution >= 4 is 29.5 Å². The standard InChI is InChI=1S/C13H12ClFN2O2/c14-10-7-9(1-3-11(10)15)2-4-13(19)17-6-5-16-12(18)8-17/h1-4,7H,5-6,8H2,(H,16,18)/b4-2-. The SMILES string of the molecule is O=C1CN(C(=O)/C=C\c2ccc(F)c(Cl)c2)CCN1. The molecule has 6 heteroatoms. The van der Waals surface area contributed by atoms with Gasteiger partial charge in [-0.2, -0.15) is 0 Å². The van der Waals surface area contributed by atoms with Gasteiger partial charge in [0.25, 0.3) is 0 Å². The molecule has 2 rings (SSSR count). The number of amides is 2. The number of hydrogen-bond donors (Lipinski definition) is 1. The Balaban J connectivity index is 2.03. The molecule has 0 unspecified atom stereocenters. The van der Waals surface area contributed by atoms with Crippen LogP contribution in [0.5, 0.6) is 0 Å². The van der Waals surface area contributed by atoms with Crippen molar-refractivity contribution in [1.29, 1.82) is 0 Å². The maximum atomic E-state index is 13.0. The third-order valence-corrected chi connectivity index (χ3v) is 3.00. The van der Waals surface area contributed by atoms with Gasteiger partial charge < -0.3 is 10.2 Å². The lowest BCUT2D eigenvalue weighted by molar-refractivity contribution is -0.134. The van der Waals surface area contributed by atoms with E-state index in [9.17, 15) is 14.0 Å². The fourth-order valence-electron chi connectivity index (χ4n) is 1.72. The zero-order valence-electron chi connectivity index (χ0n) is 10.0. The molecule has 1 saturated heterocycles. The average Bonchev–Trinajstić information content (AvgIpc) is 2.40.